The van der Waals surface area contributed by atoms with E-state index in [9.17, 15) is 0 Å². The standard InChI is InChI=1S/C27H36N10/c1-18-20(16-32-33-18)15-29-21-5-3-19(4-6-21)25-24-26(28)30-17-31-27(24)37(34-25)23-9-7-22(8-10-23)36-13-11-35(2)12-14-36/h3-6,16-17,22-23,29H,7-15H2,1-2H3,(H,32,33)(H2,28,30,31). The number of nitrogen functional groups attached to an aromatic ring is 1. The number of benzene rings is 1. The summed E-state index contributed by atoms with van der Waals surface area (Å²) in [6, 6.07) is 9.35. The van der Waals surface area contributed by atoms with Crippen LogP contribution < -0.4 is 11.1 Å². The number of likely N-dealkylation sites (N-methyl/N-ethyl adjacent to an activating group) is 1. The zero-order valence-corrected chi connectivity index (χ0v) is 21.7. The number of aryl methyl sites for hydroxylation is 1. The molecule has 2 fully saturated rings. The predicted octanol–water partition coefficient (Wildman–Crippen LogP) is 3.45. The summed E-state index contributed by atoms with van der Waals surface area (Å²) in [6.07, 6.45) is 8.02. The van der Waals surface area contributed by atoms with Gasteiger partial charge in [0, 0.05) is 61.3 Å². The summed E-state index contributed by atoms with van der Waals surface area (Å²) in [5, 5.41) is 16.5. The van der Waals surface area contributed by atoms with Gasteiger partial charge in [-0.25, -0.2) is 14.6 Å². The summed E-state index contributed by atoms with van der Waals surface area (Å²) in [6.45, 7) is 7.44. The molecule has 10 heteroatoms. The number of anilines is 2. The summed E-state index contributed by atoms with van der Waals surface area (Å²) in [5.74, 6) is 0.481. The number of hydrogen-bond donors (Lipinski definition) is 3. The Balaban J connectivity index is 1.21. The van der Waals surface area contributed by atoms with Crippen LogP contribution in [0, 0.1) is 6.92 Å². The van der Waals surface area contributed by atoms with Gasteiger partial charge in [-0.05, 0) is 51.8 Å². The Labute approximate surface area is 217 Å². The maximum atomic E-state index is 6.38. The van der Waals surface area contributed by atoms with E-state index in [2.05, 4.69) is 71.3 Å². The van der Waals surface area contributed by atoms with Crippen molar-refractivity contribution in [3.05, 3.63) is 48.0 Å². The number of H-pyrrole nitrogens is 1. The molecule has 0 spiro atoms. The number of nitrogens with two attached hydrogens (primary N) is 1. The van der Waals surface area contributed by atoms with Crippen LogP contribution in [0.2, 0.25) is 0 Å². The molecule has 1 saturated heterocycles. The number of hydrogen-bond acceptors (Lipinski definition) is 8. The molecule has 6 rings (SSSR count). The van der Waals surface area contributed by atoms with Crippen molar-refractivity contribution in [3.8, 4) is 11.3 Å². The lowest BCUT2D eigenvalue weighted by atomic mass is 9.90. The number of nitrogens with one attached hydrogen (secondary N) is 2. The molecule has 0 unspecified atom stereocenters. The van der Waals surface area contributed by atoms with Crippen molar-refractivity contribution in [1.29, 1.82) is 0 Å². The molecule has 4 heterocycles. The third-order valence-electron chi connectivity index (χ3n) is 8.16. The topological polar surface area (TPSA) is 117 Å². The second kappa shape index (κ2) is 10.1. The van der Waals surface area contributed by atoms with Crippen LogP contribution in [0.5, 0.6) is 0 Å². The van der Waals surface area contributed by atoms with Crippen LogP contribution in [0.1, 0.15) is 43.0 Å². The SMILES string of the molecule is Cc1[nH]ncc1CNc1ccc(-c2nn(C3CCC(N4CCN(C)CC4)CC3)c3ncnc(N)c23)cc1. The summed E-state index contributed by atoms with van der Waals surface area (Å²) in [7, 11) is 2.22. The molecular formula is C27H36N10. The van der Waals surface area contributed by atoms with E-state index in [1.54, 1.807) is 6.33 Å². The molecule has 0 radical (unpaired) electrons. The van der Waals surface area contributed by atoms with Crippen molar-refractivity contribution < 1.29 is 0 Å². The fourth-order valence-electron chi connectivity index (χ4n) is 5.80. The Morgan fingerprint density at radius 2 is 1.73 bits per heavy atom. The minimum absolute atomic E-state index is 0.327. The van der Waals surface area contributed by atoms with E-state index in [0.717, 1.165) is 58.6 Å². The second-order valence-electron chi connectivity index (χ2n) is 10.5. The number of rotatable bonds is 6. The third-order valence-corrected chi connectivity index (χ3v) is 8.16. The molecule has 1 aliphatic heterocycles. The van der Waals surface area contributed by atoms with E-state index in [1.807, 2.05) is 13.1 Å². The van der Waals surface area contributed by atoms with Gasteiger partial charge in [0.1, 0.15) is 17.8 Å². The molecule has 37 heavy (non-hydrogen) atoms. The fourth-order valence-corrected chi connectivity index (χ4v) is 5.80. The van der Waals surface area contributed by atoms with Crippen molar-refractivity contribution in [1.82, 2.24) is 39.7 Å². The highest BCUT2D eigenvalue weighted by Gasteiger charge is 2.30. The van der Waals surface area contributed by atoms with Crippen molar-refractivity contribution >= 4 is 22.5 Å². The molecule has 10 nitrogen and oxygen atoms in total. The summed E-state index contributed by atoms with van der Waals surface area (Å²) >= 11 is 0. The number of aromatic amines is 1. The van der Waals surface area contributed by atoms with Gasteiger partial charge >= 0.3 is 0 Å². The molecule has 0 atom stereocenters. The summed E-state index contributed by atoms with van der Waals surface area (Å²) in [4.78, 5) is 14.0. The smallest absolute Gasteiger partial charge is 0.164 e. The average molecular weight is 501 g/mol. The Bertz CT molecular complexity index is 1340. The zero-order chi connectivity index (χ0) is 25.4. The first-order valence-electron chi connectivity index (χ1n) is 13.3. The number of piperazine rings is 1. The maximum absolute atomic E-state index is 6.38. The molecule has 0 amide bonds. The quantitative estimate of drug-likeness (QED) is 0.369. The first kappa shape index (κ1) is 23.9. The van der Waals surface area contributed by atoms with Crippen LogP contribution in [0.15, 0.2) is 36.8 Å². The summed E-state index contributed by atoms with van der Waals surface area (Å²) in [5.41, 5.74) is 12.4. The number of fused-ring (bicyclic) bond motifs is 1. The maximum Gasteiger partial charge on any atom is 0.164 e. The van der Waals surface area contributed by atoms with Gasteiger partial charge in [-0.15, -0.1) is 0 Å². The Morgan fingerprint density at radius 1 is 1.00 bits per heavy atom. The van der Waals surface area contributed by atoms with E-state index >= 15 is 0 Å². The highest BCUT2D eigenvalue weighted by atomic mass is 15.3. The molecule has 1 aliphatic carbocycles. The van der Waals surface area contributed by atoms with Crippen LogP contribution in [0.25, 0.3) is 22.3 Å². The lowest BCUT2D eigenvalue weighted by Gasteiger charge is -2.41. The molecule has 4 N–H and O–H groups in total. The van der Waals surface area contributed by atoms with Crippen LogP contribution in [-0.4, -0.2) is 79.0 Å². The Kier molecular flexibility index (Phi) is 6.52. The highest BCUT2D eigenvalue weighted by molar-refractivity contribution is 5.98. The molecular weight excluding hydrogens is 464 g/mol. The summed E-state index contributed by atoms with van der Waals surface area (Å²) < 4.78 is 2.12. The van der Waals surface area contributed by atoms with Gasteiger partial charge in [-0.2, -0.15) is 10.2 Å². The van der Waals surface area contributed by atoms with Gasteiger partial charge in [0.15, 0.2) is 5.65 Å². The first-order valence-corrected chi connectivity index (χ1v) is 13.3. The van der Waals surface area contributed by atoms with E-state index < -0.39 is 0 Å². The molecule has 2 aliphatic rings. The van der Waals surface area contributed by atoms with Crippen LogP contribution in [0.3, 0.4) is 0 Å². The normalized spacial score (nSPS) is 21.5. The Morgan fingerprint density at radius 3 is 2.43 bits per heavy atom. The van der Waals surface area contributed by atoms with Crippen molar-refractivity contribution in [2.75, 3.05) is 44.3 Å². The van der Waals surface area contributed by atoms with Gasteiger partial charge in [0.05, 0.1) is 17.6 Å². The Hall–Kier alpha value is -3.50. The minimum Gasteiger partial charge on any atom is -0.383 e. The molecule has 1 saturated carbocycles. The molecule has 4 aromatic rings. The number of nitrogens with zero attached hydrogens (tertiary/aromatic N) is 7. The van der Waals surface area contributed by atoms with Crippen molar-refractivity contribution in [2.24, 2.45) is 0 Å². The second-order valence-corrected chi connectivity index (χ2v) is 10.5. The van der Waals surface area contributed by atoms with E-state index in [-0.39, 0.29) is 0 Å². The van der Waals surface area contributed by atoms with Gasteiger partial charge in [-0.1, -0.05) is 12.1 Å². The first-order chi connectivity index (χ1) is 18.1. The number of aromatic nitrogens is 6. The van der Waals surface area contributed by atoms with Gasteiger partial charge in [0.25, 0.3) is 0 Å². The molecule has 194 valence electrons. The minimum atomic E-state index is 0.327. The van der Waals surface area contributed by atoms with Gasteiger partial charge < -0.3 is 16.0 Å². The zero-order valence-electron chi connectivity index (χ0n) is 21.7. The van der Waals surface area contributed by atoms with E-state index in [1.165, 1.54) is 39.0 Å². The fraction of sp³-hybridized carbons (Fsp3) is 0.481. The van der Waals surface area contributed by atoms with Crippen LogP contribution >= 0.6 is 0 Å². The third kappa shape index (κ3) is 4.78. The van der Waals surface area contributed by atoms with Crippen molar-refractivity contribution in [2.45, 2.75) is 51.2 Å². The van der Waals surface area contributed by atoms with E-state index in [0.29, 0.717) is 17.9 Å². The van der Waals surface area contributed by atoms with Gasteiger partial charge in [0.2, 0.25) is 0 Å². The monoisotopic (exact) mass is 500 g/mol. The van der Waals surface area contributed by atoms with Crippen LogP contribution in [-0.2, 0) is 6.54 Å². The van der Waals surface area contributed by atoms with Crippen LogP contribution in [0.4, 0.5) is 11.5 Å². The molecule has 1 aromatic carbocycles. The molecule has 0 bridgehead atoms. The average Bonchev–Trinajstić information content (AvgIpc) is 3.52. The molecule has 3 aromatic heterocycles. The lowest BCUT2D eigenvalue weighted by molar-refractivity contribution is 0.0815. The predicted molar refractivity (Wildman–Crippen MR) is 146 cm³/mol. The van der Waals surface area contributed by atoms with Gasteiger partial charge in [-0.3, -0.25) is 10.00 Å². The van der Waals surface area contributed by atoms with Crippen molar-refractivity contribution in [3.63, 3.8) is 0 Å². The van der Waals surface area contributed by atoms with E-state index in [4.69, 9.17) is 10.8 Å². The largest absolute Gasteiger partial charge is 0.383 e. The highest BCUT2D eigenvalue weighted by Crippen LogP contribution is 2.37. The lowest BCUT2D eigenvalue weighted by Crippen LogP contribution is -2.49.